The molecule has 1 amide bonds. The van der Waals surface area contributed by atoms with Gasteiger partial charge in [-0.2, -0.15) is 0 Å². The van der Waals surface area contributed by atoms with Crippen molar-refractivity contribution in [1.82, 2.24) is 0 Å². The number of carbonyl (C=O) groups is 1. The number of anilines is 1. The van der Waals surface area contributed by atoms with Crippen LogP contribution in [0, 0.1) is 5.82 Å². The SMILES string of the molecule is CC(C)(C)OC(=O)Nc1cccc(CO)c1F. The molecule has 4 nitrogen and oxygen atoms in total. The first-order chi connectivity index (χ1) is 7.83. The Hall–Kier alpha value is -1.62. The summed E-state index contributed by atoms with van der Waals surface area (Å²) in [5, 5.41) is 11.2. The Bertz CT molecular complexity index is 413. The van der Waals surface area contributed by atoms with Crippen molar-refractivity contribution in [2.75, 3.05) is 5.32 Å². The van der Waals surface area contributed by atoms with Gasteiger partial charge in [-0.15, -0.1) is 0 Å². The van der Waals surface area contributed by atoms with Crippen LogP contribution in [-0.4, -0.2) is 16.8 Å². The van der Waals surface area contributed by atoms with Gasteiger partial charge in [-0.25, -0.2) is 9.18 Å². The molecule has 17 heavy (non-hydrogen) atoms. The van der Waals surface area contributed by atoms with E-state index < -0.39 is 24.1 Å². The van der Waals surface area contributed by atoms with Crippen molar-refractivity contribution < 1.29 is 19.0 Å². The number of aliphatic hydroxyl groups is 1. The van der Waals surface area contributed by atoms with Gasteiger partial charge in [0.05, 0.1) is 12.3 Å². The number of aliphatic hydroxyl groups excluding tert-OH is 1. The zero-order valence-corrected chi connectivity index (χ0v) is 10.1. The summed E-state index contributed by atoms with van der Waals surface area (Å²) >= 11 is 0. The summed E-state index contributed by atoms with van der Waals surface area (Å²) in [6.07, 6.45) is -0.730. The average Bonchev–Trinajstić information content (AvgIpc) is 2.18. The first-order valence-electron chi connectivity index (χ1n) is 5.22. The molecule has 0 fully saturated rings. The molecule has 0 saturated carbocycles. The number of ether oxygens (including phenoxy) is 1. The highest BCUT2D eigenvalue weighted by molar-refractivity contribution is 5.85. The molecular weight excluding hydrogens is 225 g/mol. The molecule has 0 bridgehead atoms. The molecule has 0 aliphatic rings. The first kappa shape index (κ1) is 13.4. The van der Waals surface area contributed by atoms with Crippen molar-refractivity contribution in [1.29, 1.82) is 0 Å². The predicted octanol–water partition coefficient (Wildman–Crippen LogP) is 2.67. The normalized spacial score (nSPS) is 11.1. The number of halogens is 1. The lowest BCUT2D eigenvalue weighted by molar-refractivity contribution is 0.0635. The van der Waals surface area contributed by atoms with Crippen LogP contribution in [0.5, 0.6) is 0 Å². The molecule has 0 saturated heterocycles. The van der Waals surface area contributed by atoms with Gasteiger partial charge in [0.25, 0.3) is 0 Å². The zero-order valence-electron chi connectivity index (χ0n) is 10.1. The van der Waals surface area contributed by atoms with E-state index >= 15 is 0 Å². The second-order valence-corrected chi connectivity index (χ2v) is 4.56. The number of benzene rings is 1. The standard InChI is InChI=1S/C12H16FNO3/c1-12(2,3)17-11(16)14-9-6-4-5-8(7-15)10(9)13/h4-6,15H,7H2,1-3H3,(H,14,16). The number of carbonyl (C=O) groups excluding carboxylic acids is 1. The summed E-state index contributed by atoms with van der Waals surface area (Å²) in [5.74, 6) is -0.652. The lowest BCUT2D eigenvalue weighted by atomic mass is 10.2. The van der Waals surface area contributed by atoms with Crippen molar-refractivity contribution in [2.45, 2.75) is 33.0 Å². The highest BCUT2D eigenvalue weighted by Crippen LogP contribution is 2.19. The van der Waals surface area contributed by atoms with Gasteiger partial charge in [0.15, 0.2) is 5.82 Å². The summed E-state index contributed by atoms with van der Waals surface area (Å²) in [6, 6.07) is 4.38. The number of amides is 1. The lowest BCUT2D eigenvalue weighted by Gasteiger charge is -2.20. The van der Waals surface area contributed by atoms with E-state index in [-0.39, 0.29) is 11.3 Å². The predicted molar refractivity (Wildman–Crippen MR) is 62.2 cm³/mol. The van der Waals surface area contributed by atoms with Crippen molar-refractivity contribution in [2.24, 2.45) is 0 Å². The maximum atomic E-state index is 13.6. The molecule has 0 unspecified atom stereocenters. The molecule has 0 atom stereocenters. The van der Waals surface area contributed by atoms with Gasteiger partial charge in [-0.3, -0.25) is 5.32 Å². The molecule has 1 aromatic rings. The summed E-state index contributed by atoms with van der Waals surface area (Å²) in [7, 11) is 0. The quantitative estimate of drug-likeness (QED) is 0.836. The van der Waals surface area contributed by atoms with E-state index in [2.05, 4.69) is 5.32 Å². The smallest absolute Gasteiger partial charge is 0.412 e. The maximum absolute atomic E-state index is 13.6. The maximum Gasteiger partial charge on any atom is 0.412 e. The van der Waals surface area contributed by atoms with Gasteiger partial charge < -0.3 is 9.84 Å². The molecule has 5 heteroatoms. The average molecular weight is 241 g/mol. The number of rotatable bonds is 2. The number of nitrogens with one attached hydrogen (secondary N) is 1. The Labute approximate surface area is 99.4 Å². The largest absolute Gasteiger partial charge is 0.444 e. The molecular formula is C12H16FNO3. The third-order valence-electron chi connectivity index (χ3n) is 1.88. The van der Waals surface area contributed by atoms with Crippen molar-refractivity contribution in [3.8, 4) is 0 Å². The molecule has 94 valence electrons. The van der Waals surface area contributed by atoms with E-state index in [4.69, 9.17) is 9.84 Å². The fraction of sp³-hybridized carbons (Fsp3) is 0.417. The third-order valence-corrected chi connectivity index (χ3v) is 1.88. The van der Waals surface area contributed by atoms with E-state index in [0.717, 1.165) is 0 Å². The summed E-state index contributed by atoms with van der Waals surface area (Å²) < 4.78 is 18.6. The fourth-order valence-corrected chi connectivity index (χ4v) is 1.21. The minimum Gasteiger partial charge on any atom is -0.444 e. The Morgan fingerprint density at radius 1 is 1.47 bits per heavy atom. The molecule has 0 spiro atoms. The van der Waals surface area contributed by atoms with E-state index in [0.29, 0.717) is 0 Å². The van der Waals surface area contributed by atoms with Crippen LogP contribution >= 0.6 is 0 Å². The molecule has 0 radical (unpaired) electrons. The Morgan fingerprint density at radius 2 is 2.12 bits per heavy atom. The molecule has 2 N–H and O–H groups in total. The topological polar surface area (TPSA) is 58.6 Å². The lowest BCUT2D eigenvalue weighted by Crippen LogP contribution is -2.27. The molecule has 0 aliphatic heterocycles. The molecule has 0 heterocycles. The van der Waals surface area contributed by atoms with Gasteiger partial charge >= 0.3 is 6.09 Å². The van der Waals surface area contributed by atoms with Crippen LogP contribution in [-0.2, 0) is 11.3 Å². The number of hydrogen-bond acceptors (Lipinski definition) is 3. The molecule has 1 aromatic carbocycles. The van der Waals surface area contributed by atoms with Crippen LogP contribution in [0.15, 0.2) is 18.2 Å². The van der Waals surface area contributed by atoms with E-state index in [1.807, 2.05) is 0 Å². The molecule has 1 rings (SSSR count). The second-order valence-electron chi connectivity index (χ2n) is 4.56. The van der Waals surface area contributed by atoms with Crippen molar-refractivity contribution in [3.05, 3.63) is 29.6 Å². The van der Waals surface area contributed by atoms with Gasteiger partial charge in [0.1, 0.15) is 5.60 Å². The highest BCUT2D eigenvalue weighted by atomic mass is 19.1. The Balaban J connectivity index is 2.79. The van der Waals surface area contributed by atoms with E-state index in [1.165, 1.54) is 12.1 Å². The zero-order chi connectivity index (χ0) is 13.1. The number of hydrogen-bond donors (Lipinski definition) is 2. The van der Waals surface area contributed by atoms with Crippen molar-refractivity contribution in [3.63, 3.8) is 0 Å². The minimum atomic E-state index is -0.730. The van der Waals surface area contributed by atoms with Crippen LogP contribution in [0.4, 0.5) is 14.9 Å². The molecule has 0 aliphatic carbocycles. The monoisotopic (exact) mass is 241 g/mol. The van der Waals surface area contributed by atoms with Crippen molar-refractivity contribution >= 4 is 11.8 Å². The van der Waals surface area contributed by atoms with Gasteiger partial charge in [-0.1, -0.05) is 12.1 Å². The minimum absolute atomic E-state index is 0.00852. The summed E-state index contributed by atoms with van der Waals surface area (Å²) in [4.78, 5) is 11.4. The third kappa shape index (κ3) is 4.03. The van der Waals surface area contributed by atoms with Crippen LogP contribution in [0.2, 0.25) is 0 Å². The van der Waals surface area contributed by atoms with Crippen LogP contribution in [0.25, 0.3) is 0 Å². The van der Waals surface area contributed by atoms with Gasteiger partial charge in [-0.05, 0) is 26.8 Å². The van der Waals surface area contributed by atoms with Crippen LogP contribution in [0.1, 0.15) is 26.3 Å². The Morgan fingerprint density at radius 3 is 2.65 bits per heavy atom. The van der Waals surface area contributed by atoms with Crippen LogP contribution in [0.3, 0.4) is 0 Å². The van der Waals surface area contributed by atoms with E-state index in [9.17, 15) is 9.18 Å². The van der Waals surface area contributed by atoms with Crippen LogP contribution < -0.4 is 5.32 Å². The Kier molecular flexibility index (Phi) is 4.07. The molecule has 0 aromatic heterocycles. The summed E-state index contributed by atoms with van der Waals surface area (Å²) in [6.45, 7) is 4.73. The fourth-order valence-electron chi connectivity index (χ4n) is 1.21. The highest BCUT2D eigenvalue weighted by Gasteiger charge is 2.17. The van der Waals surface area contributed by atoms with Gasteiger partial charge in [0, 0.05) is 5.56 Å². The van der Waals surface area contributed by atoms with E-state index in [1.54, 1.807) is 26.8 Å². The first-order valence-corrected chi connectivity index (χ1v) is 5.22. The van der Waals surface area contributed by atoms with Gasteiger partial charge in [0.2, 0.25) is 0 Å². The summed E-state index contributed by atoms with van der Waals surface area (Å²) in [5.41, 5.74) is -0.529. The second kappa shape index (κ2) is 5.14.